The number of aryl methyl sites for hydroxylation is 1. The van der Waals surface area contributed by atoms with Crippen LogP contribution in [0.5, 0.6) is 0 Å². The van der Waals surface area contributed by atoms with Crippen molar-refractivity contribution in [1.29, 1.82) is 0 Å². The van der Waals surface area contributed by atoms with Gasteiger partial charge in [-0.2, -0.15) is 0 Å². The molecule has 7 nitrogen and oxygen atoms in total. The van der Waals surface area contributed by atoms with Gasteiger partial charge in [0.25, 0.3) is 0 Å². The molecule has 1 unspecified atom stereocenters. The van der Waals surface area contributed by atoms with Gasteiger partial charge in [0.05, 0.1) is 11.6 Å². The second kappa shape index (κ2) is 9.49. The van der Waals surface area contributed by atoms with Gasteiger partial charge in [0.2, 0.25) is 11.9 Å². The molecule has 0 spiro atoms. The molecule has 1 aromatic heterocycles. The molecule has 1 saturated carbocycles. The molecule has 1 aliphatic heterocycles. The highest BCUT2D eigenvalue weighted by Crippen LogP contribution is 2.41. The minimum atomic E-state index is -0.0552. The van der Waals surface area contributed by atoms with Gasteiger partial charge in [-0.3, -0.25) is 9.59 Å². The van der Waals surface area contributed by atoms with Crippen LogP contribution in [-0.2, 0) is 16.0 Å². The predicted molar refractivity (Wildman–Crippen MR) is 129 cm³/mol. The molecule has 3 aliphatic rings. The molecule has 5 rings (SSSR count). The van der Waals surface area contributed by atoms with Crippen molar-refractivity contribution in [2.75, 3.05) is 36.4 Å². The predicted octanol–water partition coefficient (Wildman–Crippen LogP) is 4.07. The maximum absolute atomic E-state index is 12.8. The van der Waals surface area contributed by atoms with E-state index in [0.29, 0.717) is 30.5 Å². The summed E-state index contributed by atoms with van der Waals surface area (Å²) in [5.74, 6) is 1.53. The molecule has 33 heavy (non-hydrogen) atoms. The van der Waals surface area contributed by atoms with E-state index in [1.807, 2.05) is 30.2 Å². The van der Waals surface area contributed by atoms with E-state index in [9.17, 15) is 9.59 Å². The molecule has 2 aliphatic carbocycles. The number of piperazine rings is 1. The van der Waals surface area contributed by atoms with Crippen LogP contribution in [0.1, 0.15) is 62.6 Å². The summed E-state index contributed by atoms with van der Waals surface area (Å²) < 4.78 is 0. The van der Waals surface area contributed by atoms with Gasteiger partial charge in [-0.1, -0.05) is 19.8 Å². The van der Waals surface area contributed by atoms with Gasteiger partial charge < -0.3 is 15.1 Å². The first-order valence-electron chi connectivity index (χ1n) is 12.4. The Hall–Kier alpha value is -2.96. The third-order valence-corrected chi connectivity index (χ3v) is 7.47. The lowest BCUT2D eigenvalue weighted by Gasteiger charge is -2.36. The number of nitrogens with zero attached hydrogens (tertiary/aromatic N) is 4. The molecule has 7 heteroatoms. The summed E-state index contributed by atoms with van der Waals surface area (Å²) in [7, 11) is 0. The van der Waals surface area contributed by atoms with Crippen molar-refractivity contribution < 1.29 is 9.59 Å². The summed E-state index contributed by atoms with van der Waals surface area (Å²) in [6, 6.07) is 8.29. The van der Waals surface area contributed by atoms with Crippen LogP contribution in [0, 0.1) is 5.92 Å². The van der Waals surface area contributed by atoms with Crippen LogP contribution in [0.25, 0.3) is 0 Å². The number of carbonyl (C=O) groups excluding carboxylic acids is 2. The van der Waals surface area contributed by atoms with E-state index >= 15 is 0 Å². The summed E-state index contributed by atoms with van der Waals surface area (Å²) in [5, 5.41) is 3.33. The van der Waals surface area contributed by atoms with Crippen LogP contribution in [0.15, 0.2) is 30.5 Å². The molecule has 2 heterocycles. The number of rotatable bonds is 5. The monoisotopic (exact) mass is 447 g/mol. The highest BCUT2D eigenvalue weighted by molar-refractivity contribution is 5.88. The van der Waals surface area contributed by atoms with Crippen LogP contribution < -0.4 is 10.2 Å². The second-order valence-electron chi connectivity index (χ2n) is 9.49. The highest BCUT2D eigenvalue weighted by atomic mass is 16.2. The fourth-order valence-corrected chi connectivity index (χ4v) is 5.61. The number of aromatic nitrogens is 2. The molecule has 2 fully saturated rings. The lowest BCUT2D eigenvalue weighted by molar-refractivity contribution is -0.131. The Morgan fingerprint density at radius 3 is 2.48 bits per heavy atom. The lowest BCUT2D eigenvalue weighted by Crippen LogP contribution is -2.48. The van der Waals surface area contributed by atoms with Crippen LogP contribution >= 0.6 is 0 Å². The maximum Gasteiger partial charge on any atom is 0.227 e. The quantitative estimate of drug-likeness (QED) is 0.745. The molecule has 0 bridgehead atoms. The van der Waals surface area contributed by atoms with Crippen LogP contribution in [0.2, 0.25) is 0 Å². The maximum atomic E-state index is 12.8. The first kappa shape index (κ1) is 21.9. The van der Waals surface area contributed by atoms with E-state index in [2.05, 4.69) is 27.3 Å². The zero-order valence-electron chi connectivity index (χ0n) is 19.4. The zero-order chi connectivity index (χ0) is 22.8. The lowest BCUT2D eigenvalue weighted by atomic mass is 9.77. The molecule has 1 N–H and O–H groups in total. The Kier molecular flexibility index (Phi) is 6.29. The third-order valence-electron chi connectivity index (χ3n) is 7.47. The van der Waals surface area contributed by atoms with Crippen molar-refractivity contribution in [3.05, 3.63) is 41.7 Å². The van der Waals surface area contributed by atoms with Gasteiger partial charge in [0.15, 0.2) is 0 Å². The summed E-state index contributed by atoms with van der Waals surface area (Å²) >= 11 is 0. The average Bonchev–Trinajstić information content (AvgIpc) is 3.38. The van der Waals surface area contributed by atoms with Gasteiger partial charge in [0.1, 0.15) is 5.78 Å². The van der Waals surface area contributed by atoms with E-state index in [-0.39, 0.29) is 11.8 Å². The molecule has 1 amide bonds. The summed E-state index contributed by atoms with van der Waals surface area (Å²) in [4.78, 5) is 38.3. The molecule has 1 aromatic carbocycles. The van der Waals surface area contributed by atoms with Gasteiger partial charge in [-0.25, -0.2) is 9.97 Å². The van der Waals surface area contributed by atoms with E-state index in [1.54, 1.807) is 0 Å². The standard InChI is InChI=1S/C26H33N5O2/c1-2-23(33)31-15-13-30(14-16-31)21-10-8-20(9-11-21)28-26-27-17-19-7-12-22(32)24(25(19)29-26)18-5-3-4-6-18/h8-11,17-18,24H,2-7,12-16H2,1H3,(H,27,28,29). The molecular weight excluding hydrogens is 414 g/mol. The summed E-state index contributed by atoms with van der Waals surface area (Å²) in [5.41, 5.74) is 4.17. The second-order valence-corrected chi connectivity index (χ2v) is 9.49. The molecule has 174 valence electrons. The summed E-state index contributed by atoms with van der Waals surface area (Å²) in [6.07, 6.45) is 8.55. The Morgan fingerprint density at radius 1 is 1.06 bits per heavy atom. The Labute approximate surface area is 195 Å². The number of hydrogen-bond donors (Lipinski definition) is 1. The van der Waals surface area contributed by atoms with E-state index in [4.69, 9.17) is 4.98 Å². The fraction of sp³-hybridized carbons (Fsp3) is 0.538. The molecule has 0 radical (unpaired) electrons. The average molecular weight is 448 g/mol. The number of anilines is 3. The van der Waals surface area contributed by atoms with Crippen molar-refractivity contribution >= 4 is 29.0 Å². The Balaban J connectivity index is 1.27. The molecular formula is C26H33N5O2. The smallest absolute Gasteiger partial charge is 0.227 e. The van der Waals surface area contributed by atoms with Gasteiger partial charge in [-0.15, -0.1) is 0 Å². The number of carbonyl (C=O) groups is 2. The van der Waals surface area contributed by atoms with Crippen LogP contribution in [0.3, 0.4) is 0 Å². The SMILES string of the molecule is CCC(=O)N1CCN(c2ccc(Nc3ncc4c(n3)C(C3CCCC3)C(=O)CC4)cc2)CC1. The zero-order valence-corrected chi connectivity index (χ0v) is 19.4. The normalized spacial score (nSPS) is 21.2. The number of hydrogen-bond acceptors (Lipinski definition) is 6. The third kappa shape index (κ3) is 4.59. The first-order chi connectivity index (χ1) is 16.1. The number of ketones is 1. The summed E-state index contributed by atoms with van der Waals surface area (Å²) in [6.45, 7) is 5.17. The van der Waals surface area contributed by atoms with E-state index in [0.717, 1.165) is 68.1 Å². The van der Waals surface area contributed by atoms with Crippen molar-refractivity contribution in [3.8, 4) is 0 Å². The number of Topliss-reactive ketones (excluding diaryl/α,β-unsaturated/α-hetero) is 1. The van der Waals surface area contributed by atoms with Gasteiger partial charge in [-0.05, 0) is 55.0 Å². The Bertz CT molecular complexity index is 1010. The van der Waals surface area contributed by atoms with E-state index < -0.39 is 0 Å². The largest absolute Gasteiger partial charge is 0.368 e. The highest BCUT2D eigenvalue weighted by Gasteiger charge is 2.37. The van der Waals surface area contributed by atoms with Crippen molar-refractivity contribution in [2.45, 2.75) is 57.8 Å². The van der Waals surface area contributed by atoms with Crippen molar-refractivity contribution in [1.82, 2.24) is 14.9 Å². The number of nitrogens with one attached hydrogen (secondary N) is 1. The van der Waals surface area contributed by atoms with E-state index in [1.165, 1.54) is 12.8 Å². The number of benzene rings is 1. The van der Waals surface area contributed by atoms with Crippen molar-refractivity contribution in [3.63, 3.8) is 0 Å². The van der Waals surface area contributed by atoms with Crippen molar-refractivity contribution in [2.24, 2.45) is 5.92 Å². The molecule has 2 aromatic rings. The number of fused-ring (bicyclic) bond motifs is 1. The van der Waals surface area contributed by atoms with Gasteiger partial charge in [0, 0.05) is 56.6 Å². The van der Waals surface area contributed by atoms with Crippen LogP contribution in [-0.4, -0.2) is 52.7 Å². The fourth-order valence-electron chi connectivity index (χ4n) is 5.61. The topological polar surface area (TPSA) is 78.4 Å². The van der Waals surface area contributed by atoms with Crippen LogP contribution in [0.4, 0.5) is 17.3 Å². The molecule has 1 saturated heterocycles. The minimum Gasteiger partial charge on any atom is -0.368 e. The van der Waals surface area contributed by atoms with Gasteiger partial charge >= 0.3 is 0 Å². The first-order valence-corrected chi connectivity index (χ1v) is 12.4. The minimum absolute atomic E-state index is 0.0552. The number of amides is 1. The Morgan fingerprint density at radius 2 is 1.79 bits per heavy atom. The molecule has 1 atom stereocenters.